The molecule has 0 aliphatic rings. The number of aromatic nitrogens is 3. The molecule has 7 aromatic carbocycles. The Balaban J connectivity index is 1.30. The van der Waals surface area contributed by atoms with Crippen LogP contribution < -0.4 is 0 Å². The van der Waals surface area contributed by atoms with Gasteiger partial charge < -0.3 is 5.11 Å². The Bertz CT molecular complexity index is 3520. The Morgan fingerprint density at radius 2 is 1.01 bits per heavy atom. The molecular weight excluding hydrogens is 887 g/mol. The van der Waals surface area contributed by atoms with E-state index in [9.17, 15) is 5.11 Å². The Kier molecular flexibility index (Phi) is 12.9. The zero-order valence-corrected chi connectivity index (χ0v) is 46.3. The molecule has 0 atom stereocenters. The molecule has 0 aliphatic heterocycles. The van der Waals surface area contributed by atoms with Gasteiger partial charge in [0, 0.05) is 22.9 Å². The van der Waals surface area contributed by atoms with Gasteiger partial charge in [0.2, 0.25) is 0 Å². The van der Waals surface area contributed by atoms with Crippen LogP contribution in [-0.2, 0) is 27.1 Å². The third-order valence-electron chi connectivity index (χ3n) is 14.6. The first kappa shape index (κ1) is 50.9. The lowest BCUT2D eigenvalue weighted by molar-refractivity contribution is 0.446. The lowest BCUT2D eigenvalue weighted by atomic mass is 9.78. The van der Waals surface area contributed by atoms with Crippen LogP contribution in [0.5, 0.6) is 5.75 Å². The van der Waals surface area contributed by atoms with Crippen LogP contribution in [0.2, 0.25) is 0 Å². The van der Waals surface area contributed by atoms with Crippen molar-refractivity contribution in [2.24, 2.45) is 0 Å². The van der Waals surface area contributed by atoms with Crippen molar-refractivity contribution < 1.29 is 5.11 Å². The third kappa shape index (κ3) is 10.1. The molecule has 9 aromatic rings. The molecule has 0 fully saturated rings. The number of aromatic hydroxyl groups is 1. The van der Waals surface area contributed by atoms with Crippen molar-refractivity contribution in [3.8, 4) is 78.6 Å². The van der Waals surface area contributed by atoms with E-state index in [1.54, 1.807) is 0 Å². The number of rotatable bonds is 7. The second-order valence-electron chi connectivity index (χ2n) is 25.5. The van der Waals surface area contributed by atoms with Gasteiger partial charge in [-0.15, -0.1) is 0 Å². The van der Waals surface area contributed by atoms with Gasteiger partial charge in [-0.05, 0) is 149 Å². The highest BCUT2D eigenvalue weighted by molar-refractivity contribution is 5.97. The number of para-hydroxylation sites is 1. The molecule has 4 nitrogen and oxygen atoms in total. The summed E-state index contributed by atoms with van der Waals surface area (Å²) >= 11 is 0. The molecule has 372 valence electrons. The fourth-order valence-electron chi connectivity index (χ4n) is 10.3. The van der Waals surface area contributed by atoms with Crippen LogP contribution in [0, 0.1) is 6.92 Å². The molecule has 2 heterocycles. The van der Waals surface area contributed by atoms with E-state index < -0.39 is 0 Å². The Labute approximate surface area is 436 Å². The van der Waals surface area contributed by atoms with E-state index in [2.05, 4.69) is 267 Å². The topological polar surface area (TPSA) is 50.9 Å². The van der Waals surface area contributed by atoms with E-state index in [1.807, 2.05) is 6.20 Å². The Hall–Kier alpha value is -7.04. The summed E-state index contributed by atoms with van der Waals surface area (Å²) in [5, 5.41) is 12.6. The summed E-state index contributed by atoms with van der Waals surface area (Å²) in [5.74, 6) is 0.960. The first-order valence-electron chi connectivity index (χ1n) is 26.1. The maximum Gasteiger partial charge on any atom is 0.149 e. The zero-order chi connectivity index (χ0) is 52.6. The molecule has 0 amide bonds. The third-order valence-corrected chi connectivity index (χ3v) is 14.6. The number of aryl methyl sites for hydroxylation is 1. The molecule has 0 radical (unpaired) electrons. The molecule has 0 spiro atoms. The minimum atomic E-state index is -0.332. The summed E-state index contributed by atoms with van der Waals surface area (Å²) in [6.07, 6.45) is 1.93. The lowest BCUT2D eigenvalue weighted by Gasteiger charge is -2.28. The van der Waals surface area contributed by atoms with Crippen molar-refractivity contribution in [2.75, 3.05) is 0 Å². The molecule has 0 saturated heterocycles. The van der Waals surface area contributed by atoms with Gasteiger partial charge in [0.05, 0.1) is 28.0 Å². The molecule has 4 heteroatoms. The molecule has 9 rings (SSSR count). The second-order valence-corrected chi connectivity index (χ2v) is 25.5. The molecule has 0 unspecified atom stereocenters. The highest BCUT2D eigenvalue weighted by Gasteiger charge is 2.30. The quantitative estimate of drug-likeness (QED) is 0.173. The highest BCUT2D eigenvalue weighted by Crippen LogP contribution is 2.47. The summed E-state index contributed by atoms with van der Waals surface area (Å²) in [5.41, 5.74) is 21.0. The number of benzene rings is 7. The fourth-order valence-corrected chi connectivity index (χ4v) is 10.3. The minimum absolute atomic E-state index is 0.0763. The second kappa shape index (κ2) is 18.5. The van der Waals surface area contributed by atoms with Crippen LogP contribution in [0.3, 0.4) is 0 Å². The van der Waals surface area contributed by atoms with Gasteiger partial charge in [-0.3, -0.25) is 9.55 Å². The Morgan fingerprint density at radius 1 is 0.411 bits per heavy atom. The first-order chi connectivity index (χ1) is 34.2. The Morgan fingerprint density at radius 3 is 1.64 bits per heavy atom. The molecule has 2 aromatic heterocycles. The summed E-state index contributed by atoms with van der Waals surface area (Å²) in [4.78, 5) is 10.7. The number of nitrogens with zero attached hydrogens (tertiary/aromatic N) is 3. The fraction of sp³-hybridized carbons (Fsp3) is 0.304. The van der Waals surface area contributed by atoms with Crippen LogP contribution in [0.4, 0.5) is 0 Å². The number of imidazole rings is 1. The van der Waals surface area contributed by atoms with Crippen molar-refractivity contribution in [3.63, 3.8) is 0 Å². The van der Waals surface area contributed by atoms with Gasteiger partial charge in [-0.1, -0.05) is 207 Å². The van der Waals surface area contributed by atoms with Crippen LogP contribution in [0.25, 0.3) is 83.9 Å². The largest absolute Gasteiger partial charge is 0.507 e. The lowest BCUT2D eigenvalue weighted by Crippen LogP contribution is -2.17. The maximum absolute atomic E-state index is 12.6. The van der Waals surface area contributed by atoms with Gasteiger partial charge >= 0.3 is 0 Å². The average Bonchev–Trinajstić information content (AvgIpc) is 3.71. The van der Waals surface area contributed by atoms with E-state index in [-0.39, 0.29) is 32.8 Å². The highest BCUT2D eigenvalue weighted by atomic mass is 16.3. The summed E-state index contributed by atoms with van der Waals surface area (Å²) in [7, 11) is 0. The summed E-state index contributed by atoms with van der Waals surface area (Å²) < 4.78 is 2.30. The van der Waals surface area contributed by atoms with Crippen LogP contribution >= 0.6 is 0 Å². The number of hydrogen-bond donors (Lipinski definition) is 1. The normalized spacial score (nSPS) is 12.7. The summed E-state index contributed by atoms with van der Waals surface area (Å²) in [6, 6.07) is 55.4. The van der Waals surface area contributed by atoms with Crippen molar-refractivity contribution in [3.05, 3.63) is 191 Å². The standard InChI is InChI=1S/C69H75N3O/c1-43-36-47(61-53(45-22-18-17-19-23-45)24-20-26-56(61)68(11,12)13)30-33-59(43)72-60-27-21-25-54(62(60)71-64(72)55-41-52(67(8,9)10)42-57(63(55)73)69(14,15)16)48-37-49(39-51(38-48)66(5,6)7)58-40-46(34-35-70-58)44-28-31-50(32-29-44)65(2,3)4/h17-42,73H,1-16H3. The first-order valence-corrected chi connectivity index (χ1v) is 26.1. The van der Waals surface area contributed by atoms with Gasteiger partial charge in [0.15, 0.2) is 0 Å². The van der Waals surface area contributed by atoms with Crippen LogP contribution in [-0.4, -0.2) is 19.6 Å². The minimum Gasteiger partial charge on any atom is -0.507 e. The van der Waals surface area contributed by atoms with E-state index in [4.69, 9.17) is 9.97 Å². The molecular formula is C69H75N3O. The predicted octanol–water partition coefficient (Wildman–Crippen LogP) is 18.9. The van der Waals surface area contributed by atoms with Gasteiger partial charge in [0.25, 0.3) is 0 Å². The van der Waals surface area contributed by atoms with Gasteiger partial charge in [0.1, 0.15) is 11.6 Å². The molecule has 0 aliphatic carbocycles. The van der Waals surface area contributed by atoms with Crippen molar-refractivity contribution >= 4 is 11.0 Å². The monoisotopic (exact) mass is 962 g/mol. The average molecular weight is 962 g/mol. The van der Waals surface area contributed by atoms with E-state index >= 15 is 0 Å². The van der Waals surface area contributed by atoms with E-state index in [1.165, 1.54) is 38.9 Å². The van der Waals surface area contributed by atoms with Crippen LogP contribution in [0.15, 0.2) is 158 Å². The number of fused-ring (bicyclic) bond motifs is 1. The molecule has 1 N–H and O–H groups in total. The predicted molar refractivity (Wildman–Crippen MR) is 311 cm³/mol. The maximum atomic E-state index is 12.6. The molecule has 0 bridgehead atoms. The van der Waals surface area contributed by atoms with Crippen molar-refractivity contribution in [1.82, 2.24) is 14.5 Å². The van der Waals surface area contributed by atoms with E-state index in [0.717, 1.165) is 66.9 Å². The SMILES string of the molecule is Cc1cc(-c2c(-c3ccccc3)cccc2C(C)(C)C)ccc1-n1c(-c2cc(C(C)(C)C)cc(C(C)(C)C)c2O)nc2c(-c3cc(-c4cc(-c5ccc(C(C)(C)C)cc5)ccn4)cc(C(C)(C)C)c3)cccc21. The van der Waals surface area contributed by atoms with Crippen LogP contribution in [0.1, 0.15) is 137 Å². The molecule has 73 heavy (non-hydrogen) atoms. The number of hydrogen-bond acceptors (Lipinski definition) is 3. The molecule has 0 saturated carbocycles. The van der Waals surface area contributed by atoms with E-state index in [0.29, 0.717) is 11.4 Å². The number of phenolic OH excluding ortho intramolecular Hbond substituents is 1. The smallest absolute Gasteiger partial charge is 0.149 e. The summed E-state index contributed by atoms with van der Waals surface area (Å²) in [6.45, 7) is 35.9. The van der Waals surface area contributed by atoms with Crippen molar-refractivity contribution in [2.45, 2.75) is 138 Å². The zero-order valence-electron chi connectivity index (χ0n) is 46.3. The number of pyridine rings is 1. The van der Waals surface area contributed by atoms with Gasteiger partial charge in [-0.2, -0.15) is 0 Å². The van der Waals surface area contributed by atoms with Gasteiger partial charge in [-0.25, -0.2) is 4.98 Å². The van der Waals surface area contributed by atoms with Crippen molar-refractivity contribution in [1.29, 1.82) is 0 Å². The number of phenols is 1.